The first kappa shape index (κ1) is 20.9. The molecular weight excluding hydrogens is 412 g/mol. The van der Waals surface area contributed by atoms with Gasteiger partial charge in [-0.3, -0.25) is 9.59 Å². The SMILES string of the molecule is Cc1cc(C(=O)COC(=O)Cc2c[nH]c3ccccc23)c(C)n1Cc1ccccc1Cl. The number of aromatic nitrogens is 2. The van der Waals surface area contributed by atoms with Gasteiger partial charge in [0, 0.05) is 45.6 Å². The third-order valence-electron chi connectivity index (χ3n) is 5.53. The number of aromatic amines is 1. The van der Waals surface area contributed by atoms with Crippen LogP contribution in [0, 0.1) is 13.8 Å². The van der Waals surface area contributed by atoms with E-state index in [-0.39, 0.29) is 18.8 Å². The van der Waals surface area contributed by atoms with Gasteiger partial charge < -0.3 is 14.3 Å². The molecule has 0 bridgehead atoms. The summed E-state index contributed by atoms with van der Waals surface area (Å²) in [5.41, 5.74) is 5.14. The zero-order chi connectivity index (χ0) is 22.0. The van der Waals surface area contributed by atoms with Crippen LogP contribution in [0.15, 0.2) is 60.8 Å². The van der Waals surface area contributed by atoms with Gasteiger partial charge in [-0.2, -0.15) is 0 Å². The predicted molar refractivity (Wildman–Crippen MR) is 122 cm³/mol. The number of ketones is 1. The topological polar surface area (TPSA) is 64.1 Å². The van der Waals surface area contributed by atoms with Crippen LogP contribution in [0.4, 0.5) is 0 Å². The normalized spacial score (nSPS) is 11.1. The minimum Gasteiger partial charge on any atom is -0.457 e. The molecule has 6 heteroatoms. The van der Waals surface area contributed by atoms with Crippen molar-refractivity contribution in [1.29, 1.82) is 0 Å². The largest absolute Gasteiger partial charge is 0.457 e. The number of ether oxygens (including phenoxy) is 1. The molecule has 0 amide bonds. The number of hydrogen-bond donors (Lipinski definition) is 1. The van der Waals surface area contributed by atoms with E-state index in [0.29, 0.717) is 17.1 Å². The maximum absolute atomic E-state index is 12.7. The van der Waals surface area contributed by atoms with Crippen LogP contribution >= 0.6 is 11.6 Å². The Morgan fingerprint density at radius 2 is 1.77 bits per heavy atom. The number of esters is 1. The van der Waals surface area contributed by atoms with Crippen molar-refractivity contribution in [2.24, 2.45) is 0 Å². The van der Waals surface area contributed by atoms with Crippen LogP contribution in [0.5, 0.6) is 0 Å². The first-order valence-electron chi connectivity index (χ1n) is 10.1. The summed E-state index contributed by atoms with van der Waals surface area (Å²) in [4.78, 5) is 28.2. The van der Waals surface area contributed by atoms with Gasteiger partial charge >= 0.3 is 5.97 Å². The molecule has 0 aliphatic rings. The van der Waals surface area contributed by atoms with E-state index in [0.717, 1.165) is 33.4 Å². The second kappa shape index (κ2) is 8.82. The Bertz CT molecular complexity index is 1270. The number of nitrogens with one attached hydrogen (secondary N) is 1. The minimum absolute atomic E-state index is 0.114. The van der Waals surface area contributed by atoms with Crippen LogP contribution in [0.2, 0.25) is 5.02 Å². The van der Waals surface area contributed by atoms with E-state index >= 15 is 0 Å². The van der Waals surface area contributed by atoms with Gasteiger partial charge in [-0.05, 0) is 43.2 Å². The molecule has 5 nitrogen and oxygen atoms in total. The van der Waals surface area contributed by atoms with Crippen molar-refractivity contribution in [3.05, 3.63) is 93.9 Å². The molecule has 4 aromatic rings. The lowest BCUT2D eigenvalue weighted by molar-refractivity contribution is -0.141. The van der Waals surface area contributed by atoms with Gasteiger partial charge in [0.2, 0.25) is 5.78 Å². The molecular formula is C25H23ClN2O3. The van der Waals surface area contributed by atoms with E-state index in [1.54, 1.807) is 6.20 Å². The molecule has 0 unspecified atom stereocenters. The lowest BCUT2D eigenvalue weighted by Gasteiger charge is -2.11. The number of rotatable bonds is 7. The van der Waals surface area contributed by atoms with Crippen LogP contribution in [-0.2, 0) is 22.5 Å². The van der Waals surface area contributed by atoms with E-state index < -0.39 is 5.97 Å². The van der Waals surface area contributed by atoms with Gasteiger partial charge in [-0.15, -0.1) is 0 Å². The number of aryl methyl sites for hydroxylation is 1. The molecule has 0 fully saturated rings. The highest BCUT2D eigenvalue weighted by molar-refractivity contribution is 6.31. The van der Waals surface area contributed by atoms with Gasteiger partial charge in [-0.1, -0.05) is 48.0 Å². The molecule has 31 heavy (non-hydrogen) atoms. The molecule has 0 saturated heterocycles. The molecule has 4 rings (SSSR count). The predicted octanol–water partition coefficient (Wildman–Crippen LogP) is 5.26. The van der Waals surface area contributed by atoms with Crippen molar-refractivity contribution < 1.29 is 14.3 Å². The van der Waals surface area contributed by atoms with E-state index in [4.69, 9.17) is 16.3 Å². The Kier molecular flexibility index (Phi) is 5.96. The molecule has 2 heterocycles. The molecule has 0 radical (unpaired) electrons. The lowest BCUT2D eigenvalue weighted by Crippen LogP contribution is -2.16. The first-order chi connectivity index (χ1) is 14.9. The fraction of sp³-hybridized carbons (Fsp3) is 0.200. The minimum atomic E-state index is -0.428. The Hall–Kier alpha value is -3.31. The van der Waals surface area contributed by atoms with Crippen LogP contribution in [0.25, 0.3) is 10.9 Å². The molecule has 2 aromatic carbocycles. The molecule has 0 atom stereocenters. The van der Waals surface area contributed by atoms with Crippen molar-refractivity contribution in [2.45, 2.75) is 26.8 Å². The van der Waals surface area contributed by atoms with Crippen LogP contribution in [-0.4, -0.2) is 27.9 Å². The van der Waals surface area contributed by atoms with Crippen molar-refractivity contribution in [2.75, 3.05) is 6.61 Å². The number of H-pyrrole nitrogens is 1. The standard InChI is InChI=1S/C25H23ClN2O3/c1-16-11-21(17(2)28(16)14-18-7-3-5-9-22(18)26)24(29)15-31-25(30)12-19-13-27-23-10-6-4-8-20(19)23/h3-11,13,27H,12,14-15H2,1-2H3. The van der Waals surface area contributed by atoms with Crippen molar-refractivity contribution in [3.8, 4) is 0 Å². The van der Waals surface area contributed by atoms with Gasteiger partial charge in [0.25, 0.3) is 0 Å². The summed E-state index contributed by atoms with van der Waals surface area (Å²) in [5.74, 6) is -0.645. The Morgan fingerprint density at radius 3 is 2.58 bits per heavy atom. The Balaban J connectivity index is 1.42. The fourth-order valence-electron chi connectivity index (χ4n) is 3.83. The zero-order valence-electron chi connectivity index (χ0n) is 17.4. The van der Waals surface area contributed by atoms with Crippen molar-refractivity contribution >= 4 is 34.3 Å². The third kappa shape index (κ3) is 4.42. The summed E-state index contributed by atoms with van der Waals surface area (Å²) in [6.07, 6.45) is 1.92. The highest BCUT2D eigenvalue weighted by Crippen LogP contribution is 2.22. The fourth-order valence-corrected chi connectivity index (χ4v) is 4.03. The Labute approximate surface area is 185 Å². The summed E-state index contributed by atoms with van der Waals surface area (Å²) in [6.45, 7) is 4.14. The summed E-state index contributed by atoms with van der Waals surface area (Å²) >= 11 is 6.29. The van der Waals surface area contributed by atoms with Gasteiger partial charge in [0.1, 0.15) is 0 Å². The smallest absolute Gasteiger partial charge is 0.310 e. The maximum atomic E-state index is 12.7. The number of carbonyl (C=O) groups is 2. The Morgan fingerprint density at radius 1 is 1.03 bits per heavy atom. The number of para-hydroxylation sites is 1. The summed E-state index contributed by atoms with van der Waals surface area (Å²) in [7, 11) is 0. The highest BCUT2D eigenvalue weighted by Gasteiger charge is 2.18. The molecule has 2 aromatic heterocycles. The maximum Gasteiger partial charge on any atom is 0.310 e. The summed E-state index contributed by atoms with van der Waals surface area (Å²) in [5, 5.41) is 1.67. The second-order valence-corrected chi connectivity index (χ2v) is 7.99. The van der Waals surface area contributed by atoms with E-state index in [9.17, 15) is 9.59 Å². The van der Waals surface area contributed by atoms with Gasteiger partial charge in [-0.25, -0.2) is 0 Å². The van der Waals surface area contributed by atoms with Crippen molar-refractivity contribution in [3.63, 3.8) is 0 Å². The number of carbonyl (C=O) groups excluding carboxylic acids is 2. The number of halogens is 1. The quantitative estimate of drug-likeness (QED) is 0.319. The van der Waals surface area contributed by atoms with Crippen molar-refractivity contribution in [1.82, 2.24) is 9.55 Å². The number of hydrogen-bond acceptors (Lipinski definition) is 3. The summed E-state index contributed by atoms with van der Waals surface area (Å²) in [6, 6.07) is 17.2. The zero-order valence-corrected chi connectivity index (χ0v) is 18.2. The summed E-state index contributed by atoms with van der Waals surface area (Å²) < 4.78 is 7.33. The third-order valence-corrected chi connectivity index (χ3v) is 5.90. The molecule has 158 valence electrons. The molecule has 1 N–H and O–H groups in total. The molecule has 0 spiro atoms. The highest BCUT2D eigenvalue weighted by atomic mass is 35.5. The van der Waals surface area contributed by atoms with Crippen LogP contribution < -0.4 is 0 Å². The number of benzene rings is 2. The number of Topliss-reactive ketones (excluding diaryl/α,β-unsaturated/α-hetero) is 1. The number of nitrogens with zero attached hydrogens (tertiary/aromatic N) is 1. The average Bonchev–Trinajstić information content (AvgIpc) is 3.29. The van der Waals surface area contributed by atoms with E-state index in [1.165, 1.54) is 0 Å². The second-order valence-electron chi connectivity index (χ2n) is 7.58. The first-order valence-corrected chi connectivity index (χ1v) is 10.5. The molecule has 0 aliphatic heterocycles. The van der Waals surface area contributed by atoms with E-state index in [1.807, 2.05) is 73.0 Å². The molecule has 0 saturated carbocycles. The van der Waals surface area contributed by atoms with Crippen LogP contribution in [0.1, 0.15) is 32.9 Å². The number of fused-ring (bicyclic) bond motifs is 1. The van der Waals surface area contributed by atoms with E-state index in [2.05, 4.69) is 4.98 Å². The molecule has 0 aliphatic carbocycles. The van der Waals surface area contributed by atoms with Gasteiger partial charge in [0.15, 0.2) is 6.61 Å². The lowest BCUT2D eigenvalue weighted by atomic mass is 10.1. The van der Waals surface area contributed by atoms with Crippen LogP contribution in [0.3, 0.4) is 0 Å². The van der Waals surface area contributed by atoms with Gasteiger partial charge in [0.05, 0.1) is 6.42 Å². The monoisotopic (exact) mass is 434 g/mol. The average molecular weight is 435 g/mol.